The summed E-state index contributed by atoms with van der Waals surface area (Å²) in [6.07, 6.45) is 21.4. The molecule has 0 saturated carbocycles. The van der Waals surface area contributed by atoms with E-state index in [2.05, 4.69) is 209 Å². The first-order valence-corrected chi connectivity index (χ1v) is 24.2. The summed E-state index contributed by atoms with van der Waals surface area (Å²) in [5.41, 5.74) is 18.0. The minimum absolute atomic E-state index is 0.147. The largest absolute Gasteiger partial charge is 0.336 e. The molecule has 0 radical (unpaired) electrons. The Morgan fingerprint density at radius 3 is 2.18 bits per heavy atom. The molecule has 2 aromatic heterocycles. The lowest BCUT2D eigenvalue weighted by molar-refractivity contribution is -0.942. The molecule has 0 saturated heterocycles. The van der Waals surface area contributed by atoms with Crippen molar-refractivity contribution >= 4 is 16.5 Å². The molecule has 3 heterocycles. The van der Waals surface area contributed by atoms with Gasteiger partial charge in [-0.3, -0.25) is 0 Å². The molecule has 5 aromatic carbocycles. The van der Waals surface area contributed by atoms with E-state index in [-0.39, 0.29) is 11.6 Å². The average Bonchev–Trinajstić information content (AvgIpc) is 3.35. The Hall–Kier alpha value is -6.45. The van der Waals surface area contributed by atoms with Crippen molar-refractivity contribution in [3.63, 3.8) is 0 Å². The Morgan fingerprint density at radius 1 is 0.738 bits per heavy atom. The molecule has 65 heavy (non-hydrogen) atoms. The fraction of sp³-hybridized carbons (Fsp3) is 0.274. The first kappa shape index (κ1) is 43.8. The number of fused-ring (bicyclic) bond motifs is 4. The molecule has 7 aromatic rings. The van der Waals surface area contributed by atoms with E-state index in [4.69, 9.17) is 4.98 Å². The van der Waals surface area contributed by atoms with Crippen molar-refractivity contribution in [3.05, 3.63) is 205 Å². The SMILES string of the molecule is C=CC(=C)c1nc(-c2c(C)cccc2C)c2cc(-c3ccccc3)ccc2[n+]1[C@@H]1[n+]2ccccc2-c2cc(-c3cccc(CCCCCCC4=CC=CCC4C)c3)ccc2C1(CC)CC. The van der Waals surface area contributed by atoms with E-state index in [1.54, 1.807) is 5.57 Å². The highest BCUT2D eigenvalue weighted by Crippen LogP contribution is 2.48. The second kappa shape index (κ2) is 18.9. The zero-order valence-electron chi connectivity index (χ0n) is 39.3. The van der Waals surface area contributed by atoms with Crippen molar-refractivity contribution in [2.75, 3.05) is 0 Å². The van der Waals surface area contributed by atoms with Gasteiger partial charge >= 0.3 is 12.0 Å². The molecule has 1 unspecified atom stereocenters. The highest BCUT2D eigenvalue weighted by Gasteiger charge is 2.56. The summed E-state index contributed by atoms with van der Waals surface area (Å²) in [6, 6.07) is 47.5. The molecule has 3 heteroatoms. The van der Waals surface area contributed by atoms with E-state index >= 15 is 0 Å². The van der Waals surface area contributed by atoms with Crippen LogP contribution in [0.25, 0.3) is 61.2 Å². The van der Waals surface area contributed by atoms with Gasteiger partial charge in [0.05, 0.1) is 16.5 Å². The van der Waals surface area contributed by atoms with Gasteiger partial charge in [-0.25, -0.2) is 0 Å². The van der Waals surface area contributed by atoms with Gasteiger partial charge in [0.25, 0.3) is 0 Å². The van der Waals surface area contributed by atoms with Gasteiger partial charge in [0.1, 0.15) is 10.9 Å². The lowest BCUT2D eigenvalue weighted by Crippen LogP contribution is -2.69. The Labute approximate surface area is 388 Å². The van der Waals surface area contributed by atoms with E-state index in [0.29, 0.717) is 5.92 Å². The maximum atomic E-state index is 5.73. The van der Waals surface area contributed by atoms with Gasteiger partial charge in [-0.05, 0) is 138 Å². The summed E-state index contributed by atoms with van der Waals surface area (Å²) < 4.78 is 5.04. The fourth-order valence-corrected chi connectivity index (χ4v) is 11.1. The number of aromatic nitrogens is 3. The van der Waals surface area contributed by atoms with Crippen LogP contribution in [0.1, 0.15) is 106 Å². The molecule has 3 nitrogen and oxygen atoms in total. The van der Waals surface area contributed by atoms with E-state index in [9.17, 15) is 0 Å². The summed E-state index contributed by atoms with van der Waals surface area (Å²) in [5.74, 6) is 1.54. The summed E-state index contributed by atoms with van der Waals surface area (Å²) in [4.78, 5) is 5.73. The highest BCUT2D eigenvalue weighted by molar-refractivity contribution is 5.96. The normalized spacial score (nSPS) is 16.2. The Kier molecular flexibility index (Phi) is 12.8. The lowest BCUT2D eigenvalue weighted by Gasteiger charge is -2.40. The number of aryl methyl sites for hydroxylation is 3. The summed E-state index contributed by atoms with van der Waals surface area (Å²) in [7, 11) is 0. The third kappa shape index (κ3) is 8.27. The van der Waals surface area contributed by atoms with Crippen molar-refractivity contribution in [2.45, 2.75) is 104 Å². The smallest absolute Gasteiger partial charge is 0.161 e. The molecule has 2 atom stereocenters. The van der Waals surface area contributed by atoms with Crippen LogP contribution >= 0.6 is 0 Å². The van der Waals surface area contributed by atoms with Gasteiger partial charge in [-0.2, -0.15) is 9.13 Å². The lowest BCUT2D eigenvalue weighted by atomic mass is 9.68. The minimum atomic E-state index is -0.287. The number of rotatable bonds is 15. The molecule has 0 fully saturated rings. The first-order chi connectivity index (χ1) is 31.8. The number of hydrogen-bond acceptors (Lipinski definition) is 1. The number of benzene rings is 5. The van der Waals surface area contributed by atoms with E-state index in [1.165, 1.54) is 99.9 Å². The van der Waals surface area contributed by atoms with Crippen molar-refractivity contribution < 1.29 is 9.13 Å². The maximum absolute atomic E-state index is 5.73. The molecule has 2 aliphatic rings. The van der Waals surface area contributed by atoms with Crippen LogP contribution in [0.5, 0.6) is 0 Å². The minimum Gasteiger partial charge on any atom is -0.161 e. The molecule has 326 valence electrons. The topological polar surface area (TPSA) is 20.6 Å². The molecule has 0 bridgehead atoms. The first-order valence-electron chi connectivity index (χ1n) is 24.2. The van der Waals surface area contributed by atoms with Crippen molar-refractivity contribution in [1.29, 1.82) is 0 Å². The molecule has 9 rings (SSSR count). The second-order valence-corrected chi connectivity index (χ2v) is 18.7. The molecule has 0 amide bonds. The van der Waals surface area contributed by atoms with Crippen molar-refractivity contribution in [1.82, 2.24) is 4.98 Å². The van der Waals surface area contributed by atoms with Crippen LogP contribution in [0.2, 0.25) is 0 Å². The zero-order chi connectivity index (χ0) is 45.1. The molecular weight excluding hydrogens is 787 g/mol. The maximum Gasteiger partial charge on any atom is 0.336 e. The van der Waals surface area contributed by atoms with Crippen LogP contribution in [0, 0.1) is 19.8 Å². The average molecular weight is 852 g/mol. The van der Waals surface area contributed by atoms with Crippen LogP contribution in [0.4, 0.5) is 0 Å². The number of allylic oxidation sites excluding steroid dienone is 6. The third-order valence-corrected chi connectivity index (χ3v) is 14.8. The molecule has 0 spiro atoms. The third-order valence-electron chi connectivity index (χ3n) is 14.8. The Morgan fingerprint density at radius 2 is 1.43 bits per heavy atom. The van der Waals surface area contributed by atoms with Gasteiger partial charge in [0.15, 0.2) is 11.9 Å². The highest BCUT2D eigenvalue weighted by atomic mass is 15.3. The van der Waals surface area contributed by atoms with Gasteiger partial charge in [0.2, 0.25) is 5.69 Å². The molecular formula is C62H65N3+2. The number of nitrogens with zero attached hydrogens (tertiary/aromatic N) is 3. The van der Waals surface area contributed by atoms with Crippen LogP contribution < -0.4 is 9.13 Å². The Balaban J connectivity index is 1.14. The standard InChI is InChI=1S/C62H65N3/c1-8-43(4)60-63-59(58-45(6)25-22-26-46(58)7)54-42-51(49-31-16-13-17-32-49)36-38-57(54)65(60)61-62(9-2,10-3)55-37-35-52(41-53(55)56-34-20-21-39-64(56)61)50-33-23-28-47(40-50)27-14-11-12-15-29-48-30-19-18-24-44(48)5/h8,13,16-23,25-26,28,30-42,44,61H,1,4,9-12,14-15,24,27,29H2,2-3,5-7H3/q+2/t44?,61-/m0/s1. The van der Waals surface area contributed by atoms with Crippen LogP contribution in [0.3, 0.4) is 0 Å². The van der Waals surface area contributed by atoms with Gasteiger partial charge in [0, 0.05) is 17.7 Å². The molecule has 1 aliphatic carbocycles. The quantitative estimate of drug-likeness (QED) is 0.0572. The predicted octanol–water partition coefficient (Wildman–Crippen LogP) is 15.4. The number of hydrogen-bond donors (Lipinski definition) is 0. The fourth-order valence-electron chi connectivity index (χ4n) is 11.1. The van der Waals surface area contributed by atoms with Crippen LogP contribution in [-0.2, 0) is 11.8 Å². The van der Waals surface area contributed by atoms with Gasteiger partial charge in [-0.15, -0.1) is 0 Å². The zero-order valence-corrected chi connectivity index (χ0v) is 39.3. The van der Waals surface area contributed by atoms with E-state index in [0.717, 1.165) is 47.3 Å². The monoisotopic (exact) mass is 852 g/mol. The van der Waals surface area contributed by atoms with Crippen molar-refractivity contribution in [3.8, 4) is 44.8 Å². The Bertz CT molecular complexity index is 2940. The van der Waals surface area contributed by atoms with E-state index < -0.39 is 0 Å². The van der Waals surface area contributed by atoms with E-state index in [1.807, 2.05) is 6.08 Å². The van der Waals surface area contributed by atoms with Crippen molar-refractivity contribution in [2.24, 2.45) is 5.92 Å². The number of pyridine rings is 1. The molecule has 1 aliphatic heterocycles. The molecule has 0 N–H and O–H groups in total. The van der Waals surface area contributed by atoms with Crippen LogP contribution in [-0.4, -0.2) is 4.98 Å². The van der Waals surface area contributed by atoms with Gasteiger partial charge in [-0.1, -0.05) is 168 Å². The van der Waals surface area contributed by atoms with Gasteiger partial charge < -0.3 is 0 Å². The summed E-state index contributed by atoms with van der Waals surface area (Å²) in [5, 5.41) is 1.12. The number of unbranched alkanes of at least 4 members (excludes halogenated alkanes) is 3. The van der Waals surface area contributed by atoms with Crippen LogP contribution in [0.15, 0.2) is 177 Å². The second-order valence-electron chi connectivity index (χ2n) is 18.7. The summed E-state index contributed by atoms with van der Waals surface area (Å²) >= 11 is 0. The summed E-state index contributed by atoms with van der Waals surface area (Å²) in [6.45, 7) is 20.4. The predicted molar refractivity (Wildman–Crippen MR) is 274 cm³/mol.